The molecule has 1 heterocycles. The number of nitrogens with zero attached hydrogens (tertiary/aromatic N) is 2. The largest absolute Gasteiger partial charge is 0.479 e. The van der Waals surface area contributed by atoms with Crippen LogP contribution in [0.25, 0.3) is 0 Å². The summed E-state index contributed by atoms with van der Waals surface area (Å²) in [5, 5.41) is 0. The summed E-state index contributed by atoms with van der Waals surface area (Å²) in [5.41, 5.74) is 0.186. The first-order valence-electron chi connectivity index (χ1n) is 7.73. The van der Waals surface area contributed by atoms with Crippen LogP contribution in [-0.4, -0.2) is 28.2 Å². The number of Topliss-reactive ketones (excluding diaryl/α,β-unsaturated/α-hetero) is 1. The summed E-state index contributed by atoms with van der Waals surface area (Å²) in [6.45, 7) is 7.13. The van der Waals surface area contributed by atoms with E-state index in [2.05, 4.69) is 16.6 Å². The van der Waals surface area contributed by atoms with Crippen molar-refractivity contribution in [1.82, 2.24) is 9.55 Å². The van der Waals surface area contributed by atoms with Crippen LogP contribution in [0.15, 0.2) is 51.5 Å². The van der Waals surface area contributed by atoms with E-state index >= 15 is 0 Å². The number of hydrogen-bond donors (Lipinski definition) is 1. The molecule has 0 aliphatic heterocycles. The molecule has 2 aromatic rings. The van der Waals surface area contributed by atoms with Crippen molar-refractivity contribution in [2.75, 3.05) is 6.61 Å². The number of ether oxygens (including phenoxy) is 1. The third-order valence-electron chi connectivity index (χ3n) is 3.40. The molecule has 0 bridgehead atoms. The van der Waals surface area contributed by atoms with Gasteiger partial charge in [0, 0.05) is 18.3 Å². The van der Waals surface area contributed by atoms with Crippen LogP contribution < -0.4 is 16.0 Å². The van der Waals surface area contributed by atoms with E-state index < -0.39 is 11.2 Å². The summed E-state index contributed by atoms with van der Waals surface area (Å²) in [6.07, 6.45) is 2.80. The molecule has 0 aliphatic rings. The Hall–Kier alpha value is -3.22. The van der Waals surface area contributed by atoms with Crippen molar-refractivity contribution in [2.45, 2.75) is 20.4 Å². The van der Waals surface area contributed by atoms with Crippen LogP contribution in [0, 0.1) is 0 Å². The molecule has 0 radical (unpaired) electrons. The highest BCUT2D eigenvalue weighted by molar-refractivity contribution is 5.94. The third kappa shape index (κ3) is 4.20. The molecular weight excluding hydrogens is 322 g/mol. The zero-order valence-electron chi connectivity index (χ0n) is 14.1. The highest BCUT2D eigenvalue weighted by atomic mass is 16.5. The first-order valence-corrected chi connectivity index (χ1v) is 7.73. The van der Waals surface area contributed by atoms with Gasteiger partial charge in [0.2, 0.25) is 5.88 Å². The predicted molar refractivity (Wildman–Crippen MR) is 96.4 cm³/mol. The van der Waals surface area contributed by atoms with Crippen LogP contribution in [-0.2, 0) is 6.54 Å². The molecule has 0 unspecified atom stereocenters. The van der Waals surface area contributed by atoms with Gasteiger partial charge in [-0.05, 0) is 38.1 Å². The smallest absolute Gasteiger partial charge is 0.331 e. The molecule has 7 nitrogen and oxygen atoms in total. The number of H-pyrrole nitrogens is 1. The molecule has 0 aliphatic carbocycles. The topological polar surface area (TPSA) is 93.5 Å². The summed E-state index contributed by atoms with van der Waals surface area (Å²) in [5.74, 6) is 0.0315. The number of nitrogens with one attached hydrogen (secondary N) is 1. The van der Waals surface area contributed by atoms with Gasteiger partial charge in [-0.25, -0.2) is 4.79 Å². The molecule has 1 N–H and O–H groups in total. The van der Waals surface area contributed by atoms with Crippen molar-refractivity contribution in [3.05, 3.63) is 68.9 Å². The van der Waals surface area contributed by atoms with E-state index in [0.29, 0.717) is 11.3 Å². The van der Waals surface area contributed by atoms with Crippen molar-refractivity contribution in [3.63, 3.8) is 0 Å². The summed E-state index contributed by atoms with van der Waals surface area (Å²) in [4.78, 5) is 42.5. The molecule has 2 rings (SSSR count). The highest BCUT2D eigenvalue weighted by Crippen LogP contribution is 2.14. The molecule has 0 spiro atoms. The molecule has 130 valence electrons. The third-order valence-corrected chi connectivity index (χ3v) is 3.40. The maximum atomic E-state index is 12.5. The van der Waals surface area contributed by atoms with Gasteiger partial charge in [0.15, 0.2) is 5.78 Å². The van der Waals surface area contributed by atoms with Crippen molar-refractivity contribution in [2.24, 2.45) is 4.99 Å². The molecule has 7 heteroatoms. The Morgan fingerprint density at radius 2 is 2.00 bits per heavy atom. The first kappa shape index (κ1) is 18.1. The zero-order chi connectivity index (χ0) is 18.4. The van der Waals surface area contributed by atoms with E-state index in [0.717, 1.165) is 4.57 Å². The van der Waals surface area contributed by atoms with E-state index in [1.54, 1.807) is 31.2 Å². The minimum absolute atomic E-state index is 0.0397. The lowest BCUT2D eigenvalue weighted by Gasteiger charge is -2.08. The van der Waals surface area contributed by atoms with Crippen LogP contribution in [0.1, 0.15) is 29.8 Å². The minimum atomic E-state index is -0.573. The second-order valence-corrected chi connectivity index (χ2v) is 5.17. The average molecular weight is 341 g/mol. The van der Waals surface area contributed by atoms with E-state index in [-0.39, 0.29) is 30.4 Å². The fourth-order valence-electron chi connectivity index (χ4n) is 2.15. The van der Waals surface area contributed by atoms with Gasteiger partial charge >= 0.3 is 5.69 Å². The molecule has 1 aromatic carbocycles. The van der Waals surface area contributed by atoms with E-state index in [1.807, 2.05) is 0 Å². The number of carbonyl (C=O) groups is 1. The number of allylic oxidation sites excluding steroid dienone is 1. The van der Waals surface area contributed by atoms with Gasteiger partial charge < -0.3 is 4.74 Å². The van der Waals surface area contributed by atoms with Gasteiger partial charge in [0.1, 0.15) is 5.56 Å². The number of benzene rings is 1. The SMILES string of the molecule is C=CCn1c(=O)[nH]c(OCC)c(C=Nc2ccc(C(C)=O)cc2)c1=O. The minimum Gasteiger partial charge on any atom is -0.479 e. The normalized spacial score (nSPS) is 10.8. The quantitative estimate of drug-likeness (QED) is 0.474. The molecular formula is C18H19N3O4. The number of rotatable bonds is 7. The summed E-state index contributed by atoms with van der Waals surface area (Å²) >= 11 is 0. The average Bonchev–Trinajstić information content (AvgIpc) is 2.59. The molecule has 25 heavy (non-hydrogen) atoms. The molecule has 0 amide bonds. The van der Waals surface area contributed by atoms with Crippen LogP contribution >= 0.6 is 0 Å². The maximum absolute atomic E-state index is 12.5. The lowest BCUT2D eigenvalue weighted by molar-refractivity contribution is 0.101. The highest BCUT2D eigenvalue weighted by Gasteiger charge is 2.13. The summed E-state index contributed by atoms with van der Waals surface area (Å²) in [6, 6.07) is 6.64. The van der Waals surface area contributed by atoms with Gasteiger partial charge in [-0.15, -0.1) is 6.58 Å². The predicted octanol–water partition coefficient (Wildman–Crippen LogP) is 2.07. The van der Waals surface area contributed by atoms with Gasteiger partial charge in [-0.3, -0.25) is 24.1 Å². The van der Waals surface area contributed by atoms with Crippen LogP contribution in [0.2, 0.25) is 0 Å². The second-order valence-electron chi connectivity index (χ2n) is 5.17. The van der Waals surface area contributed by atoms with Crippen LogP contribution in [0.5, 0.6) is 5.88 Å². The number of aromatic amines is 1. The number of carbonyl (C=O) groups excluding carboxylic acids is 1. The second kappa shape index (κ2) is 8.05. The number of aromatic nitrogens is 2. The Morgan fingerprint density at radius 1 is 1.32 bits per heavy atom. The van der Waals surface area contributed by atoms with E-state index in [1.165, 1.54) is 19.2 Å². The Morgan fingerprint density at radius 3 is 2.56 bits per heavy atom. The monoisotopic (exact) mass is 341 g/mol. The Bertz CT molecular complexity index is 921. The van der Waals surface area contributed by atoms with Gasteiger partial charge in [-0.1, -0.05) is 6.08 Å². The number of hydrogen-bond acceptors (Lipinski definition) is 5. The lowest BCUT2D eigenvalue weighted by Crippen LogP contribution is -2.37. The summed E-state index contributed by atoms with van der Waals surface area (Å²) < 4.78 is 6.35. The van der Waals surface area contributed by atoms with Crippen LogP contribution in [0.4, 0.5) is 5.69 Å². The molecule has 0 atom stereocenters. The van der Waals surface area contributed by atoms with Crippen molar-refractivity contribution in [3.8, 4) is 5.88 Å². The van der Waals surface area contributed by atoms with Gasteiger partial charge in [-0.2, -0.15) is 0 Å². The molecule has 1 aromatic heterocycles. The van der Waals surface area contributed by atoms with E-state index in [4.69, 9.17) is 4.74 Å². The lowest BCUT2D eigenvalue weighted by atomic mass is 10.1. The first-order chi connectivity index (χ1) is 12.0. The van der Waals surface area contributed by atoms with Crippen LogP contribution in [0.3, 0.4) is 0 Å². The maximum Gasteiger partial charge on any atom is 0.331 e. The molecule has 0 saturated heterocycles. The Balaban J connectivity index is 2.47. The van der Waals surface area contributed by atoms with Gasteiger partial charge in [0.25, 0.3) is 5.56 Å². The number of aliphatic imine (C=N–C) groups is 1. The van der Waals surface area contributed by atoms with E-state index in [9.17, 15) is 14.4 Å². The number of ketones is 1. The van der Waals surface area contributed by atoms with Crippen molar-refractivity contribution in [1.29, 1.82) is 0 Å². The zero-order valence-corrected chi connectivity index (χ0v) is 14.1. The Labute approximate surface area is 144 Å². The fraction of sp³-hybridized carbons (Fsp3) is 0.222. The molecule has 0 fully saturated rings. The molecule has 0 saturated carbocycles. The standard InChI is InChI=1S/C18H19N3O4/c1-4-10-21-17(23)15(16(25-5-2)20-18(21)24)11-19-14-8-6-13(7-9-14)12(3)22/h4,6-9,11H,1,5,10H2,2-3H3,(H,20,24). The summed E-state index contributed by atoms with van der Waals surface area (Å²) in [7, 11) is 0. The van der Waals surface area contributed by atoms with Crippen molar-refractivity contribution >= 4 is 17.7 Å². The van der Waals surface area contributed by atoms with Gasteiger partial charge in [0.05, 0.1) is 12.3 Å². The van der Waals surface area contributed by atoms with Crippen molar-refractivity contribution < 1.29 is 9.53 Å². The Kier molecular flexibility index (Phi) is 5.84. The fourth-order valence-corrected chi connectivity index (χ4v) is 2.15.